The molecule has 1 aromatic rings. The summed E-state index contributed by atoms with van der Waals surface area (Å²) in [5.74, 6) is 1.26. The highest BCUT2D eigenvalue weighted by molar-refractivity contribution is 9.10. The van der Waals surface area contributed by atoms with E-state index in [-0.39, 0.29) is 18.6 Å². The normalized spacial score (nSPS) is 13.6. The number of hydrogen-bond acceptors (Lipinski definition) is 5. The van der Waals surface area contributed by atoms with Gasteiger partial charge in [-0.1, -0.05) is 15.9 Å². The molecule has 0 saturated heterocycles. The first-order valence-corrected chi connectivity index (χ1v) is 7.69. The van der Waals surface area contributed by atoms with Crippen molar-refractivity contribution in [3.8, 4) is 11.5 Å². The lowest BCUT2D eigenvalue weighted by Crippen LogP contribution is -2.35. The van der Waals surface area contributed by atoms with E-state index in [1.807, 2.05) is 17.0 Å². The van der Waals surface area contributed by atoms with Crippen molar-refractivity contribution in [2.45, 2.75) is 26.4 Å². The van der Waals surface area contributed by atoms with Crippen LogP contribution in [-0.2, 0) is 16.1 Å². The predicted octanol–water partition coefficient (Wildman–Crippen LogP) is 2.60. The van der Waals surface area contributed by atoms with Gasteiger partial charge in [0.15, 0.2) is 11.5 Å². The first kappa shape index (κ1) is 16.1. The van der Waals surface area contributed by atoms with Crippen LogP contribution in [0.15, 0.2) is 16.6 Å². The summed E-state index contributed by atoms with van der Waals surface area (Å²) >= 11 is 3.56. The van der Waals surface area contributed by atoms with Crippen LogP contribution in [0.25, 0.3) is 0 Å². The monoisotopic (exact) mass is 357 g/mol. The molecule has 1 aromatic carbocycles. The molecule has 0 radical (unpaired) electrons. The molecule has 21 heavy (non-hydrogen) atoms. The van der Waals surface area contributed by atoms with Crippen molar-refractivity contribution in [3.63, 3.8) is 0 Å². The summed E-state index contributed by atoms with van der Waals surface area (Å²) in [5, 5.41) is 0. The number of nitrogens with zero attached hydrogens (tertiary/aromatic N) is 1. The highest BCUT2D eigenvalue weighted by Crippen LogP contribution is 2.36. The molecule has 0 atom stereocenters. The zero-order chi connectivity index (χ0) is 15.4. The summed E-state index contributed by atoms with van der Waals surface area (Å²) in [7, 11) is 1.40. The van der Waals surface area contributed by atoms with Gasteiger partial charge >= 0.3 is 5.97 Å². The molecule has 5 nitrogen and oxygen atoms in total. The first-order chi connectivity index (χ1) is 10.0. The van der Waals surface area contributed by atoms with Crippen LogP contribution in [-0.4, -0.2) is 43.8 Å². The minimum Gasteiger partial charge on any atom is -0.486 e. The minimum atomic E-state index is -0.239. The maximum atomic E-state index is 11.5. The summed E-state index contributed by atoms with van der Waals surface area (Å²) in [4.78, 5) is 13.6. The third-order valence-corrected chi connectivity index (χ3v) is 4.11. The second-order valence-electron chi connectivity index (χ2n) is 5.16. The predicted molar refractivity (Wildman–Crippen MR) is 82.7 cm³/mol. The average Bonchev–Trinajstić information content (AvgIpc) is 2.46. The number of rotatable bonds is 5. The number of halogens is 1. The highest BCUT2D eigenvalue weighted by atomic mass is 79.9. The van der Waals surface area contributed by atoms with E-state index in [2.05, 4.69) is 29.8 Å². The van der Waals surface area contributed by atoms with Crippen molar-refractivity contribution in [2.75, 3.05) is 26.9 Å². The number of hydrogen-bond donors (Lipinski definition) is 0. The summed E-state index contributed by atoms with van der Waals surface area (Å²) in [6.07, 6.45) is 0. The van der Waals surface area contributed by atoms with Gasteiger partial charge in [-0.05, 0) is 31.5 Å². The molecule has 0 bridgehead atoms. The molecule has 1 aliphatic rings. The van der Waals surface area contributed by atoms with Crippen LogP contribution in [0.2, 0.25) is 0 Å². The van der Waals surface area contributed by atoms with Crippen LogP contribution in [0.4, 0.5) is 0 Å². The van der Waals surface area contributed by atoms with E-state index in [1.165, 1.54) is 7.11 Å². The Morgan fingerprint density at radius 1 is 1.33 bits per heavy atom. The smallest absolute Gasteiger partial charge is 0.319 e. The van der Waals surface area contributed by atoms with E-state index in [1.54, 1.807) is 0 Å². The van der Waals surface area contributed by atoms with E-state index in [0.29, 0.717) is 19.8 Å². The lowest BCUT2D eigenvalue weighted by molar-refractivity contribution is -0.142. The van der Waals surface area contributed by atoms with Crippen molar-refractivity contribution >= 4 is 21.9 Å². The van der Waals surface area contributed by atoms with E-state index >= 15 is 0 Å². The fourth-order valence-electron chi connectivity index (χ4n) is 2.10. The summed E-state index contributed by atoms with van der Waals surface area (Å²) in [6, 6.07) is 4.11. The summed E-state index contributed by atoms with van der Waals surface area (Å²) < 4.78 is 16.9. The maximum absolute atomic E-state index is 11.5. The lowest BCUT2D eigenvalue weighted by atomic mass is 10.1. The molecule has 0 N–H and O–H groups in total. The molecular weight excluding hydrogens is 338 g/mol. The van der Waals surface area contributed by atoms with Gasteiger partial charge in [-0.3, -0.25) is 9.69 Å². The van der Waals surface area contributed by atoms with E-state index in [9.17, 15) is 4.79 Å². The number of fused-ring (bicyclic) bond motifs is 1. The Morgan fingerprint density at radius 2 is 1.95 bits per heavy atom. The maximum Gasteiger partial charge on any atom is 0.319 e. The molecule has 0 saturated carbocycles. The quantitative estimate of drug-likeness (QED) is 0.758. The molecule has 0 spiro atoms. The minimum absolute atomic E-state index is 0.226. The molecule has 0 unspecified atom stereocenters. The molecule has 2 rings (SSSR count). The molecule has 1 aliphatic heterocycles. The number of ether oxygens (including phenoxy) is 3. The Morgan fingerprint density at radius 3 is 2.52 bits per heavy atom. The van der Waals surface area contributed by atoms with Gasteiger partial charge in [-0.2, -0.15) is 0 Å². The first-order valence-electron chi connectivity index (χ1n) is 6.90. The van der Waals surface area contributed by atoms with Gasteiger partial charge in [0.25, 0.3) is 0 Å². The molecular formula is C15H20BrNO4. The van der Waals surface area contributed by atoms with E-state index < -0.39 is 0 Å². The van der Waals surface area contributed by atoms with E-state index in [4.69, 9.17) is 14.2 Å². The van der Waals surface area contributed by atoms with Crippen LogP contribution in [0.1, 0.15) is 19.4 Å². The highest BCUT2D eigenvalue weighted by Gasteiger charge is 2.19. The van der Waals surface area contributed by atoms with Crippen LogP contribution in [0.5, 0.6) is 11.5 Å². The number of methoxy groups -OCH3 is 1. The largest absolute Gasteiger partial charge is 0.486 e. The van der Waals surface area contributed by atoms with Gasteiger partial charge in [0.1, 0.15) is 13.2 Å². The number of carbonyl (C=O) groups is 1. The van der Waals surface area contributed by atoms with Gasteiger partial charge in [-0.25, -0.2) is 0 Å². The van der Waals surface area contributed by atoms with Crippen LogP contribution >= 0.6 is 15.9 Å². The van der Waals surface area contributed by atoms with Crippen LogP contribution < -0.4 is 9.47 Å². The zero-order valence-electron chi connectivity index (χ0n) is 12.5. The number of benzene rings is 1. The fourth-order valence-corrected chi connectivity index (χ4v) is 2.55. The molecule has 1 heterocycles. The molecule has 0 aromatic heterocycles. The molecule has 6 heteroatoms. The Labute approximate surface area is 133 Å². The molecule has 0 aliphatic carbocycles. The van der Waals surface area contributed by atoms with Gasteiger partial charge in [0.2, 0.25) is 0 Å². The van der Waals surface area contributed by atoms with Crippen molar-refractivity contribution < 1.29 is 19.0 Å². The standard InChI is InChI=1S/C15H20BrNO4/c1-10(2)17(9-15(18)19-3)8-11-6-13-14(7-12(11)16)21-5-4-20-13/h6-7,10H,4-5,8-9H2,1-3H3. The van der Waals surface area contributed by atoms with Gasteiger partial charge in [0, 0.05) is 17.1 Å². The number of carbonyl (C=O) groups excluding carboxylic acids is 1. The third-order valence-electron chi connectivity index (χ3n) is 3.37. The number of esters is 1. The van der Waals surface area contributed by atoms with Gasteiger partial charge in [0.05, 0.1) is 13.7 Å². The average molecular weight is 358 g/mol. The summed E-state index contributed by atoms with van der Waals surface area (Å²) in [6.45, 7) is 6.12. The van der Waals surface area contributed by atoms with Crippen molar-refractivity contribution in [2.24, 2.45) is 0 Å². The van der Waals surface area contributed by atoms with Gasteiger partial charge < -0.3 is 14.2 Å². The Bertz CT molecular complexity index is 519. The van der Waals surface area contributed by atoms with Gasteiger partial charge in [-0.15, -0.1) is 0 Å². The van der Waals surface area contributed by atoms with Crippen molar-refractivity contribution in [3.05, 3.63) is 22.2 Å². The topological polar surface area (TPSA) is 48.0 Å². The van der Waals surface area contributed by atoms with Crippen LogP contribution in [0, 0.1) is 0 Å². The molecule has 116 valence electrons. The lowest BCUT2D eigenvalue weighted by Gasteiger charge is -2.27. The SMILES string of the molecule is COC(=O)CN(Cc1cc2c(cc1Br)OCCO2)C(C)C. The molecule has 0 fully saturated rings. The van der Waals surface area contributed by atoms with Crippen LogP contribution in [0.3, 0.4) is 0 Å². The third kappa shape index (κ3) is 4.11. The second kappa shape index (κ2) is 7.13. The van der Waals surface area contributed by atoms with Crippen molar-refractivity contribution in [1.82, 2.24) is 4.90 Å². The van der Waals surface area contributed by atoms with E-state index in [0.717, 1.165) is 21.5 Å². The fraction of sp³-hybridized carbons (Fsp3) is 0.533. The summed E-state index contributed by atoms with van der Waals surface area (Å²) in [5.41, 5.74) is 1.05. The Kier molecular flexibility index (Phi) is 5.47. The zero-order valence-corrected chi connectivity index (χ0v) is 14.1. The second-order valence-corrected chi connectivity index (χ2v) is 6.02. The Balaban J connectivity index is 2.18. The van der Waals surface area contributed by atoms with Crippen molar-refractivity contribution in [1.29, 1.82) is 0 Å². The Hall–Kier alpha value is -1.27. The molecule has 0 amide bonds.